The molecule has 0 atom stereocenters. The maximum atomic E-state index is 8.97. The van der Waals surface area contributed by atoms with E-state index in [4.69, 9.17) is 11.0 Å². The van der Waals surface area contributed by atoms with Gasteiger partial charge in [0.25, 0.3) is 0 Å². The molecule has 0 radical (unpaired) electrons. The van der Waals surface area contributed by atoms with Crippen molar-refractivity contribution in [3.05, 3.63) is 47.7 Å². The normalized spacial score (nSPS) is 10.2. The Labute approximate surface area is 112 Å². The molecular formula is C15H16N4. The molecule has 4 nitrogen and oxygen atoms in total. The largest absolute Gasteiger partial charge is 0.395 e. The standard InChI is InChI=1S/C15H16N4/c1-10(2)12-5-3-4-6-13(12)19-15-14(17)11(9-16)7-8-18-15/h3-8,10H,17H2,1-2H3,(H,18,19). The SMILES string of the molecule is CC(C)c1ccccc1Nc1nccc(C#N)c1N. The molecule has 0 aliphatic rings. The summed E-state index contributed by atoms with van der Waals surface area (Å²) in [4.78, 5) is 4.20. The topological polar surface area (TPSA) is 74.7 Å². The lowest BCUT2D eigenvalue weighted by atomic mass is 10.0. The average Bonchev–Trinajstić information content (AvgIpc) is 2.41. The van der Waals surface area contributed by atoms with Gasteiger partial charge in [0.1, 0.15) is 6.07 Å². The molecule has 0 saturated heterocycles. The summed E-state index contributed by atoms with van der Waals surface area (Å²) in [6.45, 7) is 4.26. The Kier molecular flexibility index (Phi) is 3.67. The second-order valence-corrected chi connectivity index (χ2v) is 4.60. The Balaban J connectivity index is 2.40. The molecule has 2 rings (SSSR count). The summed E-state index contributed by atoms with van der Waals surface area (Å²) < 4.78 is 0. The van der Waals surface area contributed by atoms with Gasteiger partial charge in [0.05, 0.1) is 11.3 Å². The zero-order valence-corrected chi connectivity index (χ0v) is 11.0. The minimum Gasteiger partial charge on any atom is -0.395 e. The number of aromatic nitrogens is 1. The number of nitrogens with one attached hydrogen (secondary N) is 1. The summed E-state index contributed by atoms with van der Waals surface area (Å²) in [6, 6.07) is 11.7. The molecule has 3 N–H and O–H groups in total. The fourth-order valence-corrected chi connectivity index (χ4v) is 1.91. The minimum absolute atomic E-state index is 0.378. The molecule has 1 aromatic carbocycles. The smallest absolute Gasteiger partial charge is 0.154 e. The molecule has 0 aliphatic heterocycles. The summed E-state index contributed by atoms with van der Waals surface area (Å²) >= 11 is 0. The molecule has 0 aliphatic carbocycles. The molecule has 1 aromatic heterocycles. The van der Waals surface area contributed by atoms with Crippen LogP contribution in [0.4, 0.5) is 17.2 Å². The van der Waals surface area contributed by atoms with Gasteiger partial charge >= 0.3 is 0 Å². The first-order valence-corrected chi connectivity index (χ1v) is 6.14. The number of nitrogen functional groups attached to an aromatic ring is 1. The van der Waals surface area contributed by atoms with Crippen LogP contribution < -0.4 is 11.1 Å². The summed E-state index contributed by atoms with van der Waals surface area (Å²) in [5, 5.41) is 12.2. The van der Waals surface area contributed by atoms with Gasteiger partial charge in [0.2, 0.25) is 0 Å². The fraction of sp³-hybridized carbons (Fsp3) is 0.200. The average molecular weight is 252 g/mol. The van der Waals surface area contributed by atoms with Crippen LogP contribution in [0.5, 0.6) is 0 Å². The third kappa shape index (κ3) is 2.66. The van der Waals surface area contributed by atoms with Crippen LogP contribution in [0.3, 0.4) is 0 Å². The number of rotatable bonds is 3. The third-order valence-electron chi connectivity index (χ3n) is 2.95. The van der Waals surface area contributed by atoms with Crippen LogP contribution in [-0.2, 0) is 0 Å². The number of anilines is 3. The first kappa shape index (κ1) is 12.9. The quantitative estimate of drug-likeness (QED) is 0.877. The lowest BCUT2D eigenvalue weighted by Crippen LogP contribution is -2.03. The first-order valence-electron chi connectivity index (χ1n) is 6.14. The van der Waals surface area contributed by atoms with E-state index in [1.807, 2.05) is 18.2 Å². The highest BCUT2D eigenvalue weighted by Crippen LogP contribution is 2.29. The van der Waals surface area contributed by atoms with Gasteiger partial charge in [-0.1, -0.05) is 32.0 Å². The van der Waals surface area contributed by atoms with E-state index >= 15 is 0 Å². The van der Waals surface area contributed by atoms with Crippen LogP contribution in [0.25, 0.3) is 0 Å². The highest BCUT2D eigenvalue weighted by atomic mass is 15.0. The van der Waals surface area contributed by atoms with Gasteiger partial charge in [-0.05, 0) is 23.6 Å². The van der Waals surface area contributed by atoms with Crippen molar-refractivity contribution >= 4 is 17.2 Å². The van der Waals surface area contributed by atoms with E-state index in [0.717, 1.165) is 5.69 Å². The number of nitrogens with two attached hydrogens (primary N) is 1. The van der Waals surface area contributed by atoms with Crippen LogP contribution in [0.1, 0.15) is 30.9 Å². The highest BCUT2D eigenvalue weighted by Gasteiger charge is 2.10. The van der Waals surface area contributed by atoms with Crippen LogP contribution in [0, 0.1) is 11.3 Å². The molecule has 4 heteroatoms. The lowest BCUT2D eigenvalue weighted by molar-refractivity contribution is 0.869. The van der Waals surface area contributed by atoms with Crippen LogP contribution >= 0.6 is 0 Å². The highest BCUT2D eigenvalue weighted by molar-refractivity contribution is 5.74. The molecule has 0 saturated carbocycles. The molecule has 0 spiro atoms. The molecule has 0 amide bonds. The Hall–Kier alpha value is -2.54. The summed E-state index contributed by atoms with van der Waals surface area (Å²) in [7, 11) is 0. The van der Waals surface area contributed by atoms with Crippen molar-refractivity contribution in [2.75, 3.05) is 11.1 Å². The molecule has 1 heterocycles. The van der Waals surface area contributed by atoms with Crippen LogP contribution in [0.2, 0.25) is 0 Å². The number of benzene rings is 1. The number of pyridine rings is 1. The minimum atomic E-state index is 0.378. The van der Waals surface area contributed by atoms with Gasteiger partial charge in [-0.3, -0.25) is 0 Å². The molecule has 0 unspecified atom stereocenters. The Bertz CT molecular complexity index is 626. The van der Waals surface area contributed by atoms with Crippen molar-refractivity contribution < 1.29 is 0 Å². The van der Waals surface area contributed by atoms with E-state index < -0.39 is 0 Å². The van der Waals surface area contributed by atoms with E-state index in [2.05, 4.69) is 36.3 Å². The lowest BCUT2D eigenvalue weighted by Gasteiger charge is -2.15. The van der Waals surface area contributed by atoms with Crippen LogP contribution in [-0.4, -0.2) is 4.98 Å². The summed E-state index contributed by atoms with van der Waals surface area (Å²) in [5.41, 5.74) is 8.88. The molecule has 19 heavy (non-hydrogen) atoms. The van der Waals surface area contributed by atoms with Gasteiger partial charge in [0.15, 0.2) is 5.82 Å². The molecule has 0 fully saturated rings. The predicted molar refractivity (Wildman–Crippen MR) is 77.2 cm³/mol. The maximum absolute atomic E-state index is 8.97. The fourth-order valence-electron chi connectivity index (χ4n) is 1.91. The number of nitrogens with zero attached hydrogens (tertiary/aromatic N) is 2. The van der Waals surface area contributed by atoms with Gasteiger partial charge < -0.3 is 11.1 Å². The monoisotopic (exact) mass is 252 g/mol. The predicted octanol–water partition coefficient (Wildman–Crippen LogP) is 3.40. The van der Waals surface area contributed by atoms with Crippen molar-refractivity contribution in [3.8, 4) is 6.07 Å². The van der Waals surface area contributed by atoms with E-state index in [-0.39, 0.29) is 0 Å². The van der Waals surface area contributed by atoms with Crippen molar-refractivity contribution in [2.24, 2.45) is 0 Å². The van der Waals surface area contributed by atoms with E-state index in [1.165, 1.54) is 5.56 Å². The number of nitriles is 1. The Morgan fingerprint density at radius 1 is 1.26 bits per heavy atom. The van der Waals surface area contributed by atoms with E-state index in [0.29, 0.717) is 23.0 Å². The second-order valence-electron chi connectivity index (χ2n) is 4.60. The van der Waals surface area contributed by atoms with E-state index in [1.54, 1.807) is 12.3 Å². The number of para-hydroxylation sites is 1. The number of hydrogen-bond donors (Lipinski definition) is 2. The third-order valence-corrected chi connectivity index (χ3v) is 2.95. The Morgan fingerprint density at radius 2 is 2.00 bits per heavy atom. The Morgan fingerprint density at radius 3 is 2.68 bits per heavy atom. The molecular weight excluding hydrogens is 236 g/mol. The van der Waals surface area contributed by atoms with Gasteiger partial charge in [-0.2, -0.15) is 5.26 Å². The zero-order valence-electron chi connectivity index (χ0n) is 11.0. The van der Waals surface area contributed by atoms with Crippen molar-refractivity contribution in [3.63, 3.8) is 0 Å². The summed E-state index contributed by atoms with van der Waals surface area (Å²) in [5.74, 6) is 0.913. The molecule has 96 valence electrons. The summed E-state index contributed by atoms with van der Waals surface area (Å²) in [6.07, 6.45) is 1.58. The van der Waals surface area contributed by atoms with Crippen molar-refractivity contribution in [1.82, 2.24) is 4.98 Å². The van der Waals surface area contributed by atoms with Gasteiger partial charge in [-0.25, -0.2) is 4.98 Å². The van der Waals surface area contributed by atoms with Gasteiger partial charge in [0, 0.05) is 11.9 Å². The van der Waals surface area contributed by atoms with Gasteiger partial charge in [-0.15, -0.1) is 0 Å². The molecule has 2 aromatic rings. The maximum Gasteiger partial charge on any atom is 0.154 e. The van der Waals surface area contributed by atoms with Crippen LogP contribution in [0.15, 0.2) is 36.5 Å². The number of hydrogen-bond acceptors (Lipinski definition) is 4. The molecule has 0 bridgehead atoms. The van der Waals surface area contributed by atoms with E-state index in [9.17, 15) is 0 Å². The first-order chi connectivity index (χ1) is 9.13. The zero-order chi connectivity index (χ0) is 13.8. The van der Waals surface area contributed by atoms with Crippen molar-refractivity contribution in [1.29, 1.82) is 5.26 Å². The van der Waals surface area contributed by atoms with Crippen molar-refractivity contribution in [2.45, 2.75) is 19.8 Å². The second kappa shape index (κ2) is 5.40.